The Hall–Kier alpha value is -2.87. The van der Waals surface area contributed by atoms with Crippen molar-refractivity contribution < 1.29 is 14.0 Å². The fourth-order valence-corrected chi connectivity index (χ4v) is 6.07. The van der Waals surface area contributed by atoms with E-state index >= 15 is 0 Å². The predicted molar refractivity (Wildman–Crippen MR) is 145 cm³/mol. The molecule has 1 unspecified atom stereocenters. The van der Waals surface area contributed by atoms with Gasteiger partial charge in [-0.05, 0) is 50.4 Å². The van der Waals surface area contributed by atoms with Gasteiger partial charge in [0.2, 0.25) is 11.8 Å². The molecule has 1 aromatic carbocycles. The molecule has 0 saturated carbocycles. The van der Waals surface area contributed by atoms with Crippen LogP contribution in [0.5, 0.6) is 5.88 Å². The van der Waals surface area contributed by atoms with Crippen molar-refractivity contribution in [3.05, 3.63) is 47.6 Å². The molecule has 1 spiro atoms. The van der Waals surface area contributed by atoms with Crippen LogP contribution in [0.4, 0.5) is 29.0 Å². The monoisotopic (exact) mass is 528 g/mol. The number of hydrogen-bond acceptors (Lipinski definition) is 9. The third kappa shape index (κ3) is 5.14. The van der Waals surface area contributed by atoms with Gasteiger partial charge < -0.3 is 29.6 Å². The Labute approximate surface area is 216 Å². The van der Waals surface area contributed by atoms with Crippen LogP contribution < -0.4 is 25.6 Å². The molecular formula is C25H30ClN6O3P. The highest BCUT2D eigenvalue weighted by Gasteiger charge is 2.41. The van der Waals surface area contributed by atoms with Gasteiger partial charge in [-0.25, -0.2) is 4.98 Å². The molecule has 0 radical (unpaired) electrons. The number of ether oxygens (including phenoxy) is 2. The van der Waals surface area contributed by atoms with Crippen LogP contribution in [0.15, 0.2) is 42.6 Å². The SMILES string of the molecule is COc1nc(N2CCC3(CCOC3)C2)ccc1Nc1ncc(Cl)c(Nc2ccccc2P(C)(C)=O)n1. The first kappa shape index (κ1) is 24.8. The molecule has 11 heteroatoms. The number of anilines is 5. The lowest BCUT2D eigenvalue weighted by molar-refractivity contribution is 0.160. The molecule has 0 amide bonds. The quantitative estimate of drug-likeness (QED) is 0.415. The second-order valence-corrected chi connectivity index (χ2v) is 13.3. The lowest BCUT2D eigenvalue weighted by Crippen LogP contribution is -2.27. The summed E-state index contributed by atoms with van der Waals surface area (Å²) in [6.45, 7) is 7.01. The molecule has 1 atom stereocenters. The molecule has 2 aliphatic heterocycles. The van der Waals surface area contributed by atoms with Crippen LogP contribution in [0.3, 0.4) is 0 Å². The molecule has 2 aromatic heterocycles. The first-order valence-corrected chi connectivity index (χ1v) is 14.8. The van der Waals surface area contributed by atoms with Crippen molar-refractivity contribution in [1.29, 1.82) is 0 Å². The molecule has 190 valence electrons. The van der Waals surface area contributed by atoms with Crippen molar-refractivity contribution in [1.82, 2.24) is 15.0 Å². The minimum atomic E-state index is -2.51. The summed E-state index contributed by atoms with van der Waals surface area (Å²) in [6, 6.07) is 11.3. The Bertz CT molecular complexity index is 1310. The fourth-order valence-electron chi connectivity index (χ4n) is 4.77. The van der Waals surface area contributed by atoms with Crippen LogP contribution in [-0.2, 0) is 9.30 Å². The van der Waals surface area contributed by atoms with Gasteiger partial charge in [-0.3, -0.25) is 0 Å². The molecule has 2 N–H and O–H groups in total. The Balaban J connectivity index is 1.36. The van der Waals surface area contributed by atoms with Gasteiger partial charge in [-0.15, -0.1) is 0 Å². The van der Waals surface area contributed by atoms with Crippen LogP contribution in [-0.4, -0.2) is 61.7 Å². The molecular weight excluding hydrogens is 499 g/mol. The maximum Gasteiger partial charge on any atom is 0.239 e. The summed E-state index contributed by atoms with van der Waals surface area (Å²) in [5.74, 6) is 2.06. The van der Waals surface area contributed by atoms with Gasteiger partial charge in [0, 0.05) is 30.4 Å². The number of benzene rings is 1. The molecule has 2 fully saturated rings. The number of para-hydroxylation sites is 1. The molecule has 0 aliphatic carbocycles. The number of pyridine rings is 1. The largest absolute Gasteiger partial charge is 0.479 e. The average Bonchev–Trinajstić information content (AvgIpc) is 3.50. The van der Waals surface area contributed by atoms with Crippen LogP contribution in [0.2, 0.25) is 5.02 Å². The van der Waals surface area contributed by atoms with E-state index in [-0.39, 0.29) is 5.41 Å². The number of hydrogen-bond donors (Lipinski definition) is 2. The summed E-state index contributed by atoms with van der Waals surface area (Å²) in [5.41, 5.74) is 1.57. The van der Waals surface area contributed by atoms with Crippen LogP contribution in [0, 0.1) is 5.41 Å². The van der Waals surface area contributed by atoms with Crippen molar-refractivity contribution in [2.45, 2.75) is 12.8 Å². The number of methoxy groups -OCH3 is 1. The minimum Gasteiger partial charge on any atom is -0.479 e. The highest BCUT2D eigenvalue weighted by Crippen LogP contribution is 2.41. The first-order valence-electron chi connectivity index (χ1n) is 11.9. The third-order valence-corrected chi connectivity index (χ3v) is 8.54. The topological polar surface area (TPSA) is 102 Å². The number of aromatic nitrogens is 3. The summed E-state index contributed by atoms with van der Waals surface area (Å²) in [6.07, 6.45) is 3.73. The zero-order valence-corrected chi connectivity index (χ0v) is 22.3. The van der Waals surface area contributed by atoms with E-state index in [0.29, 0.717) is 34.0 Å². The zero-order valence-electron chi connectivity index (χ0n) is 20.6. The fraction of sp³-hybridized carbons (Fsp3) is 0.400. The highest BCUT2D eigenvalue weighted by molar-refractivity contribution is 7.70. The van der Waals surface area contributed by atoms with Gasteiger partial charge in [0.25, 0.3) is 0 Å². The van der Waals surface area contributed by atoms with E-state index in [9.17, 15) is 4.57 Å². The van der Waals surface area contributed by atoms with Crippen molar-refractivity contribution in [2.24, 2.45) is 5.41 Å². The number of nitrogens with one attached hydrogen (secondary N) is 2. The summed E-state index contributed by atoms with van der Waals surface area (Å²) < 4.78 is 24.0. The van der Waals surface area contributed by atoms with Crippen LogP contribution >= 0.6 is 18.7 Å². The molecule has 0 bridgehead atoms. The van der Waals surface area contributed by atoms with Gasteiger partial charge in [0.1, 0.15) is 23.7 Å². The van der Waals surface area contributed by atoms with Gasteiger partial charge >= 0.3 is 0 Å². The summed E-state index contributed by atoms with van der Waals surface area (Å²) in [7, 11) is -0.917. The minimum absolute atomic E-state index is 0.244. The van der Waals surface area contributed by atoms with Crippen LogP contribution in [0.1, 0.15) is 12.8 Å². The number of rotatable bonds is 7. The lowest BCUT2D eigenvalue weighted by atomic mass is 9.87. The van der Waals surface area contributed by atoms with E-state index in [2.05, 4.69) is 25.5 Å². The van der Waals surface area contributed by atoms with E-state index in [0.717, 1.165) is 50.3 Å². The van der Waals surface area contributed by atoms with E-state index < -0.39 is 7.14 Å². The molecule has 2 saturated heterocycles. The van der Waals surface area contributed by atoms with Crippen molar-refractivity contribution in [3.63, 3.8) is 0 Å². The smallest absolute Gasteiger partial charge is 0.239 e. The van der Waals surface area contributed by atoms with Gasteiger partial charge in [0.05, 0.1) is 25.6 Å². The Morgan fingerprint density at radius 3 is 2.69 bits per heavy atom. The van der Waals surface area contributed by atoms with Gasteiger partial charge in [-0.2, -0.15) is 9.97 Å². The van der Waals surface area contributed by atoms with E-state index in [4.69, 9.17) is 26.1 Å². The van der Waals surface area contributed by atoms with Gasteiger partial charge in [0.15, 0.2) is 5.82 Å². The van der Waals surface area contributed by atoms with Crippen molar-refractivity contribution >= 4 is 53.0 Å². The van der Waals surface area contributed by atoms with Crippen molar-refractivity contribution in [3.8, 4) is 5.88 Å². The predicted octanol–water partition coefficient (Wildman–Crippen LogP) is 4.89. The Morgan fingerprint density at radius 2 is 1.94 bits per heavy atom. The standard InChI is InChI=1S/C25H30ClN6O3P/c1-34-23-19(8-9-21(30-23)32-12-10-25(15-32)11-13-35-16-25)29-24-27-14-17(26)22(31-24)28-18-6-4-5-7-20(18)36(2,3)33/h4-9,14H,10-13,15-16H2,1-3H3,(H2,27,28,29,31). The third-order valence-electron chi connectivity index (χ3n) is 6.71. The second-order valence-electron chi connectivity index (χ2n) is 9.71. The van der Waals surface area contributed by atoms with Gasteiger partial charge in [-0.1, -0.05) is 23.7 Å². The zero-order chi connectivity index (χ0) is 25.3. The molecule has 5 rings (SSSR count). The first-order chi connectivity index (χ1) is 17.3. The van der Waals surface area contributed by atoms with Crippen LogP contribution in [0.25, 0.3) is 0 Å². The summed E-state index contributed by atoms with van der Waals surface area (Å²) in [4.78, 5) is 15.9. The maximum atomic E-state index is 12.7. The maximum absolute atomic E-state index is 12.7. The molecule has 3 aromatic rings. The molecule has 4 heterocycles. The second kappa shape index (κ2) is 9.88. The number of nitrogens with zero attached hydrogens (tertiary/aromatic N) is 4. The van der Waals surface area contributed by atoms with E-state index in [1.165, 1.54) is 6.20 Å². The number of halogens is 1. The Kier molecular flexibility index (Phi) is 6.81. The molecule has 9 nitrogen and oxygen atoms in total. The molecule has 36 heavy (non-hydrogen) atoms. The lowest BCUT2D eigenvalue weighted by Gasteiger charge is -2.23. The summed E-state index contributed by atoms with van der Waals surface area (Å²) in [5, 5.41) is 7.47. The molecule has 2 aliphatic rings. The highest BCUT2D eigenvalue weighted by atomic mass is 35.5. The van der Waals surface area contributed by atoms with E-state index in [1.807, 2.05) is 36.4 Å². The average molecular weight is 529 g/mol. The van der Waals surface area contributed by atoms with E-state index in [1.54, 1.807) is 20.4 Å². The summed E-state index contributed by atoms with van der Waals surface area (Å²) >= 11 is 6.38. The van der Waals surface area contributed by atoms with Crippen molar-refractivity contribution in [2.75, 3.05) is 62.3 Å². The normalized spacial score (nSPS) is 19.6. The Morgan fingerprint density at radius 1 is 1.11 bits per heavy atom.